The molecule has 0 fully saturated rings. The fourth-order valence-electron chi connectivity index (χ4n) is 4.53. The Morgan fingerprint density at radius 2 is 1.54 bits per heavy atom. The first-order valence-corrected chi connectivity index (χ1v) is 9.36. The van der Waals surface area contributed by atoms with Gasteiger partial charge in [-0.25, -0.2) is 0 Å². The lowest BCUT2D eigenvalue weighted by molar-refractivity contribution is 0.481. The largest absolute Gasteiger partial charge is 0.399 e. The quantitative estimate of drug-likeness (QED) is 0.559. The Labute approximate surface area is 146 Å². The van der Waals surface area contributed by atoms with E-state index in [1.807, 2.05) is 17.8 Å². The van der Waals surface area contributed by atoms with Crippen LogP contribution >= 0.6 is 11.8 Å². The zero-order chi connectivity index (χ0) is 16.1. The van der Waals surface area contributed by atoms with Gasteiger partial charge in [0, 0.05) is 20.9 Å². The number of rotatable bonds is 0. The van der Waals surface area contributed by atoms with Crippen molar-refractivity contribution in [1.82, 2.24) is 0 Å². The van der Waals surface area contributed by atoms with E-state index < -0.39 is 0 Å². The van der Waals surface area contributed by atoms with Crippen molar-refractivity contribution in [3.63, 3.8) is 0 Å². The molecule has 2 heteroatoms. The number of benzene rings is 3. The molecule has 1 atom stereocenters. The molecular weight excluding hydrogens is 310 g/mol. The van der Waals surface area contributed by atoms with Gasteiger partial charge in [-0.15, -0.1) is 0 Å². The molecule has 118 valence electrons. The van der Waals surface area contributed by atoms with Crippen molar-refractivity contribution < 1.29 is 0 Å². The predicted molar refractivity (Wildman–Crippen MR) is 101 cm³/mol. The smallest absolute Gasteiger partial charge is 0.0477 e. The number of aryl methyl sites for hydroxylation is 1. The van der Waals surface area contributed by atoms with E-state index in [1.54, 1.807) is 0 Å². The third kappa shape index (κ3) is 1.83. The van der Waals surface area contributed by atoms with Crippen molar-refractivity contribution in [2.45, 2.75) is 34.5 Å². The van der Waals surface area contributed by atoms with Gasteiger partial charge in [0.2, 0.25) is 0 Å². The first-order chi connectivity index (χ1) is 11.8. The minimum Gasteiger partial charge on any atom is -0.399 e. The first-order valence-electron chi connectivity index (χ1n) is 8.55. The highest BCUT2D eigenvalue weighted by Gasteiger charge is 2.44. The van der Waals surface area contributed by atoms with Gasteiger partial charge in [-0.3, -0.25) is 0 Å². The number of fused-ring (bicyclic) bond motifs is 6. The molecule has 1 aliphatic heterocycles. The van der Waals surface area contributed by atoms with E-state index in [9.17, 15) is 0 Å². The normalized spacial score (nSPS) is 21.0. The molecule has 1 aliphatic carbocycles. The summed E-state index contributed by atoms with van der Waals surface area (Å²) in [5.74, 6) is 0. The molecule has 3 aromatic rings. The zero-order valence-corrected chi connectivity index (χ0v) is 14.3. The summed E-state index contributed by atoms with van der Waals surface area (Å²) in [6, 6.07) is 24.3. The highest BCUT2D eigenvalue weighted by atomic mass is 32.2. The van der Waals surface area contributed by atoms with Gasteiger partial charge in [0.15, 0.2) is 0 Å². The molecule has 1 unspecified atom stereocenters. The van der Waals surface area contributed by atoms with Gasteiger partial charge in [-0.05, 0) is 65.8 Å². The van der Waals surface area contributed by atoms with Crippen molar-refractivity contribution in [2.75, 3.05) is 5.73 Å². The Hall–Kier alpha value is -2.19. The van der Waals surface area contributed by atoms with Gasteiger partial charge in [0.1, 0.15) is 0 Å². The highest BCUT2D eigenvalue weighted by Crippen LogP contribution is 2.56. The Bertz CT molecular complexity index is 946. The second-order valence-corrected chi connectivity index (χ2v) is 7.85. The van der Waals surface area contributed by atoms with E-state index >= 15 is 0 Å². The van der Waals surface area contributed by atoms with Crippen molar-refractivity contribution in [3.8, 4) is 0 Å². The Morgan fingerprint density at radius 1 is 0.792 bits per heavy atom. The van der Waals surface area contributed by atoms with Crippen LogP contribution in [-0.4, -0.2) is 0 Å². The summed E-state index contributed by atoms with van der Waals surface area (Å²) in [5, 5.41) is 0. The van der Waals surface area contributed by atoms with Crippen LogP contribution < -0.4 is 5.73 Å². The van der Waals surface area contributed by atoms with Crippen LogP contribution in [0.4, 0.5) is 5.69 Å². The summed E-state index contributed by atoms with van der Waals surface area (Å²) < 4.78 is 0. The summed E-state index contributed by atoms with van der Waals surface area (Å²) in [5.41, 5.74) is 12.8. The van der Waals surface area contributed by atoms with Crippen LogP contribution in [0.5, 0.6) is 0 Å². The Morgan fingerprint density at radius 3 is 2.46 bits per heavy atom. The fourth-order valence-corrected chi connectivity index (χ4v) is 5.75. The van der Waals surface area contributed by atoms with Gasteiger partial charge in [-0.1, -0.05) is 54.2 Å². The van der Waals surface area contributed by atoms with Crippen molar-refractivity contribution >= 4 is 17.4 Å². The highest BCUT2D eigenvalue weighted by molar-refractivity contribution is 7.99. The molecule has 0 amide bonds. The van der Waals surface area contributed by atoms with E-state index in [2.05, 4.69) is 60.7 Å². The van der Waals surface area contributed by atoms with Gasteiger partial charge < -0.3 is 5.73 Å². The summed E-state index contributed by atoms with van der Waals surface area (Å²) in [6.45, 7) is 0. The lowest BCUT2D eigenvalue weighted by Crippen LogP contribution is -2.36. The van der Waals surface area contributed by atoms with Gasteiger partial charge in [0.25, 0.3) is 0 Å². The van der Waals surface area contributed by atoms with E-state index in [-0.39, 0.29) is 5.41 Å². The Kier molecular flexibility index (Phi) is 3.04. The van der Waals surface area contributed by atoms with E-state index in [0.717, 1.165) is 12.1 Å². The maximum atomic E-state index is 6.20. The van der Waals surface area contributed by atoms with Gasteiger partial charge in [0.05, 0.1) is 0 Å². The standard InChI is InChI=1S/C22H19NS/c23-16-11-12-21-19(14-16)22(18-9-3-4-10-20(18)24-21)13-5-7-15-6-1-2-8-17(15)22/h1-4,6,8-12,14H,5,7,13,23H2. The molecule has 0 bridgehead atoms. The minimum absolute atomic E-state index is 0.0542. The number of anilines is 1. The number of hydrogen-bond acceptors (Lipinski definition) is 2. The second kappa shape index (κ2) is 5.15. The lowest BCUT2D eigenvalue weighted by Gasteiger charge is -2.44. The molecule has 2 N–H and O–H groups in total. The summed E-state index contributed by atoms with van der Waals surface area (Å²) in [7, 11) is 0. The average Bonchev–Trinajstić information content (AvgIpc) is 2.63. The molecule has 1 spiro atoms. The molecule has 0 saturated heterocycles. The number of nitrogens with two attached hydrogens (primary N) is 1. The van der Waals surface area contributed by atoms with E-state index in [0.29, 0.717) is 0 Å². The molecule has 1 nitrogen and oxygen atoms in total. The maximum absolute atomic E-state index is 6.20. The summed E-state index contributed by atoms with van der Waals surface area (Å²) in [6.07, 6.45) is 3.53. The van der Waals surface area contributed by atoms with Gasteiger partial charge in [-0.2, -0.15) is 0 Å². The summed E-state index contributed by atoms with van der Waals surface area (Å²) >= 11 is 1.88. The predicted octanol–water partition coefficient (Wildman–Crippen LogP) is 5.40. The molecule has 24 heavy (non-hydrogen) atoms. The van der Waals surface area contributed by atoms with Crippen LogP contribution in [0.3, 0.4) is 0 Å². The van der Waals surface area contributed by atoms with E-state index in [1.165, 1.54) is 44.9 Å². The zero-order valence-electron chi connectivity index (χ0n) is 13.5. The SMILES string of the molecule is Nc1ccc2c(c1)C1(CCCc3ccccc31)c1ccccc1S2. The van der Waals surface area contributed by atoms with E-state index in [4.69, 9.17) is 5.73 Å². The van der Waals surface area contributed by atoms with Crippen molar-refractivity contribution in [2.24, 2.45) is 0 Å². The van der Waals surface area contributed by atoms with Crippen LogP contribution in [0.1, 0.15) is 35.1 Å². The molecule has 5 rings (SSSR count). The molecular formula is C22H19NS. The molecule has 1 heterocycles. The number of hydrogen-bond donors (Lipinski definition) is 1. The first kappa shape index (κ1) is 14.2. The molecule has 0 saturated carbocycles. The van der Waals surface area contributed by atoms with Crippen LogP contribution in [0, 0.1) is 0 Å². The van der Waals surface area contributed by atoms with Crippen LogP contribution in [0.15, 0.2) is 76.5 Å². The third-order valence-electron chi connectivity index (χ3n) is 5.51. The maximum Gasteiger partial charge on any atom is 0.0477 e. The van der Waals surface area contributed by atoms with Gasteiger partial charge >= 0.3 is 0 Å². The minimum atomic E-state index is -0.0542. The van der Waals surface area contributed by atoms with Crippen LogP contribution in [0.25, 0.3) is 0 Å². The van der Waals surface area contributed by atoms with Crippen LogP contribution in [0.2, 0.25) is 0 Å². The van der Waals surface area contributed by atoms with Crippen LogP contribution in [-0.2, 0) is 11.8 Å². The average molecular weight is 329 g/mol. The molecule has 0 aromatic heterocycles. The van der Waals surface area contributed by atoms with Crippen molar-refractivity contribution in [1.29, 1.82) is 0 Å². The lowest BCUT2D eigenvalue weighted by atomic mass is 9.62. The molecule has 0 radical (unpaired) electrons. The molecule has 2 aliphatic rings. The second-order valence-electron chi connectivity index (χ2n) is 6.77. The topological polar surface area (TPSA) is 26.0 Å². The Balaban J connectivity index is 1.91. The number of nitrogen functional groups attached to an aromatic ring is 1. The fraction of sp³-hybridized carbons (Fsp3) is 0.182. The third-order valence-corrected chi connectivity index (χ3v) is 6.66. The molecule has 3 aromatic carbocycles. The summed E-state index contributed by atoms with van der Waals surface area (Å²) in [4.78, 5) is 2.73. The monoisotopic (exact) mass is 329 g/mol. The van der Waals surface area contributed by atoms with Crippen molar-refractivity contribution in [3.05, 3.63) is 89.0 Å².